The fraction of sp³-hybridized carbons (Fsp3) is 0.778. The van der Waals surface area contributed by atoms with Gasteiger partial charge in [-0.1, -0.05) is 19.9 Å². The highest BCUT2D eigenvalue weighted by Gasteiger charge is 1.91. The van der Waals surface area contributed by atoms with E-state index in [-0.39, 0.29) is 0 Å². The Morgan fingerprint density at radius 3 is 2.82 bits per heavy atom. The summed E-state index contributed by atoms with van der Waals surface area (Å²) in [5.41, 5.74) is 0. The third kappa shape index (κ3) is 10.1. The molecule has 0 bridgehead atoms. The molecule has 0 atom stereocenters. The van der Waals surface area contributed by atoms with E-state index >= 15 is 0 Å². The van der Waals surface area contributed by atoms with Crippen LogP contribution in [0.15, 0.2) is 12.7 Å². The van der Waals surface area contributed by atoms with Gasteiger partial charge in [-0.05, 0) is 12.5 Å². The molecule has 0 aliphatic carbocycles. The molecule has 1 nitrogen and oxygen atoms in total. The first-order valence-corrected chi connectivity index (χ1v) is 5.32. The Labute approximate surface area is 74.6 Å². The van der Waals surface area contributed by atoms with Crippen molar-refractivity contribution < 1.29 is 0 Å². The van der Waals surface area contributed by atoms with Gasteiger partial charge in [0.25, 0.3) is 0 Å². The normalized spacial score (nSPS) is 10.5. The lowest BCUT2D eigenvalue weighted by molar-refractivity contribution is 0.568. The van der Waals surface area contributed by atoms with Gasteiger partial charge in [-0.3, -0.25) is 0 Å². The molecule has 0 fully saturated rings. The third-order valence-corrected chi connectivity index (χ3v) is 2.18. The van der Waals surface area contributed by atoms with Crippen LogP contribution in [0.3, 0.4) is 0 Å². The van der Waals surface area contributed by atoms with Gasteiger partial charge in [0.1, 0.15) is 0 Å². The van der Waals surface area contributed by atoms with Crippen molar-refractivity contribution in [3.63, 3.8) is 0 Å². The Balaban J connectivity index is 2.85. The van der Waals surface area contributed by atoms with Gasteiger partial charge in [0.15, 0.2) is 0 Å². The summed E-state index contributed by atoms with van der Waals surface area (Å²) in [5.74, 6) is 3.03. The lowest BCUT2D eigenvalue weighted by Gasteiger charge is -2.05. The molecule has 0 saturated carbocycles. The van der Waals surface area contributed by atoms with E-state index in [4.69, 9.17) is 0 Å². The van der Waals surface area contributed by atoms with E-state index in [2.05, 4.69) is 25.7 Å². The van der Waals surface area contributed by atoms with Crippen molar-refractivity contribution >= 4 is 11.8 Å². The standard InChI is InChI=1S/C9H19NS/c1-4-6-11-7-5-10-8-9(2)3/h4,9-10H,1,5-8H2,2-3H3. The zero-order valence-corrected chi connectivity index (χ0v) is 8.41. The molecule has 2 heteroatoms. The van der Waals surface area contributed by atoms with Gasteiger partial charge in [-0.2, -0.15) is 11.8 Å². The quantitative estimate of drug-likeness (QED) is 0.468. The SMILES string of the molecule is C=CCSCCNCC(C)C. The van der Waals surface area contributed by atoms with Crippen LogP contribution in [0.5, 0.6) is 0 Å². The second-order valence-corrected chi connectivity index (χ2v) is 4.11. The molecule has 1 N–H and O–H groups in total. The largest absolute Gasteiger partial charge is 0.316 e. The van der Waals surface area contributed by atoms with E-state index < -0.39 is 0 Å². The zero-order chi connectivity index (χ0) is 8.53. The molecule has 0 amide bonds. The number of hydrogen-bond acceptors (Lipinski definition) is 2. The van der Waals surface area contributed by atoms with Crippen molar-refractivity contribution in [3.05, 3.63) is 12.7 Å². The molecule has 0 radical (unpaired) electrons. The Bertz CT molecular complexity index is 91.6. The number of rotatable bonds is 7. The zero-order valence-electron chi connectivity index (χ0n) is 7.60. The van der Waals surface area contributed by atoms with E-state index in [0.717, 1.165) is 24.8 Å². The second-order valence-electron chi connectivity index (χ2n) is 2.96. The fourth-order valence-corrected chi connectivity index (χ4v) is 1.32. The highest BCUT2D eigenvalue weighted by atomic mass is 32.2. The molecule has 0 rings (SSSR count). The second kappa shape index (κ2) is 8.15. The van der Waals surface area contributed by atoms with E-state index in [9.17, 15) is 0 Å². The molecule has 66 valence electrons. The first kappa shape index (κ1) is 11.1. The van der Waals surface area contributed by atoms with Gasteiger partial charge in [0.2, 0.25) is 0 Å². The summed E-state index contributed by atoms with van der Waals surface area (Å²) >= 11 is 1.92. The minimum absolute atomic E-state index is 0.763. The summed E-state index contributed by atoms with van der Waals surface area (Å²) in [4.78, 5) is 0. The van der Waals surface area contributed by atoms with Gasteiger partial charge < -0.3 is 5.32 Å². The molecule has 0 saturated heterocycles. The van der Waals surface area contributed by atoms with Crippen LogP contribution in [-0.2, 0) is 0 Å². The predicted octanol–water partition coefficient (Wildman–Crippen LogP) is 2.15. The van der Waals surface area contributed by atoms with Crippen molar-refractivity contribution in [2.24, 2.45) is 5.92 Å². The summed E-state index contributed by atoms with van der Waals surface area (Å²) in [6.45, 7) is 10.4. The summed E-state index contributed by atoms with van der Waals surface area (Å²) in [7, 11) is 0. The molecule has 0 heterocycles. The lowest BCUT2D eigenvalue weighted by atomic mass is 10.2. The van der Waals surface area contributed by atoms with Gasteiger partial charge in [0.05, 0.1) is 0 Å². The predicted molar refractivity (Wildman–Crippen MR) is 55.2 cm³/mol. The maximum Gasteiger partial charge on any atom is 0.0111 e. The summed E-state index contributed by atoms with van der Waals surface area (Å²) in [5, 5.41) is 3.39. The smallest absolute Gasteiger partial charge is 0.0111 e. The average Bonchev–Trinajstić information content (AvgIpc) is 1.96. The van der Waals surface area contributed by atoms with Crippen molar-refractivity contribution in [1.82, 2.24) is 5.32 Å². The molecule has 11 heavy (non-hydrogen) atoms. The highest BCUT2D eigenvalue weighted by molar-refractivity contribution is 7.99. The Morgan fingerprint density at radius 1 is 1.55 bits per heavy atom. The summed E-state index contributed by atoms with van der Waals surface area (Å²) < 4.78 is 0. The van der Waals surface area contributed by atoms with Crippen molar-refractivity contribution in [2.75, 3.05) is 24.6 Å². The molecular formula is C9H19NS. The van der Waals surface area contributed by atoms with Gasteiger partial charge in [0, 0.05) is 18.1 Å². The molecule has 0 aromatic rings. The molecule has 0 aliphatic heterocycles. The molecule has 0 unspecified atom stereocenters. The number of hydrogen-bond donors (Lipinski definition) is 1. The van der Waals surface area contributed by atoms with Crippen LogP contribution in [0, 0.1) is 5.92 Å². The highest BCUT2D eigenvalue weighted by Crippen LogP contribution is 1.97. The molecule has 0 aliphatic rings. The maximum absolute atomic E-state index is 3.67. The third-order valence-electron chi connectivity index (χ3n) is 1.21. The van der Waals surface area contributed by atoms with Crippen LogP contribution >= 0.6 is 11.8 Å². The number of thioether (sulfide) groups is 1. The molecule has 0 aromatic carbocycles. The summed E-state index contributed by atoms with van der Waals surface area (Å²) in [6.07, 6.45) is 1.95. The topological polar surface area (TPSA) is 12.0 Å². The van der Waals surface area contributed by atoms with Gasteiger partial charge in [-0.15, -0.1) is 6.58 Å². The minimum Gasteiger partial charge on any atom is -0.316 e. The van der Waals surface area contributed by atoms with Gasteiger partial charge >= 0.3 is 0 Å². The molecular weight excluding hydrogens is 154 g/mol. The van der Waals surface area contributed by atoms with Crippen LogP contribution in [0.25, 0.3) is 0 Å². The van der Waals surface area contributed by atoms with Crippen LogP contribution in [0.2, 0.25) is 0 Å². The Kier molecular flexibility index (Phi) is 8.19. The number of nitrogens with one attached hydrogen (secondary N) is 1. The first-order valence-electron chi connectivity index (χ1n) is 4.16. The van der Waals surface area contributed by atoms with E-state index in [0.29, 0.717) is 0 Å². The first-order chi connectivity index (χ1) is 5.27. The lowest BCUT2D eigenvalue weighted by Crippen LogP contribution is -2.22. The summed E-state index contributed by atoms with van der Waals surface area (Å²) in [6, 6.07) is 0. The Morgan fingerprint density at radius 2 is 2.27 bits per heavy atom. The van der Waals surface area contributed by atoms with Crippen LogP contribution in [0.1, 0.15) is 13.8 Å². The maximum atomic E-state index is 3.67. The van der Waals surface area contributed by atoms with Crippen molar-refractivity contribution in [3.8, 4) is 0 Å². The monoisotopic (exact) mass is 173 g/mol. The fourth-order valence-electron chi connectivity index (χ4n) is 0.702. The van der Waals surface area contributed by atoms with Crippen molar-refractivity contribution in [1.29, 1.82) is 0 Å². The van der Waals surface area contributed by atoms with E-state index in [1.165, 1.54) is 5.75 Å². The van der Waals surface area contributed by atoms with Crippen molar-refractivity contribution in [2.45, 2.75) is 13.8 Å². The van der Waals surface area contributed by atoms with E-state index in [1.54, 1.807) is 0 Å². The molecule has 0 spiro atoms. The molecule has 0 aromatic heterocycles. The van der Waals surface area contributed by atoms with Gasteiger partial charge in [-0.25, -0.2) is 0 Å². The van der Waals surface area contributed by atoms with E-state index in [1.807, 2.05) is 17.8 Å². The average molecular weight is 173 g/mol. The minimum atomic E-state index is 0.763. The van der Waals surface area contributed by atoms with Crippen LogP contribution in [-0.4, -0.2) is 24.6 Å². The Hall–Kier alpha value is 0.0500. The van der Waals surface area contributed by atoms with Crippen LogP contribution < -0.4 is 5.32 Å². The van der Waals surface area contributed by atoms with Crippen LogP contribution in [0.4, 0.5) is 0 Å².